The molecule has 0 aliphatic heterocycles. The SMILES string of the molecule is C/C=C/C/C=C/CC/C=C/C. The molecule has 0 aromatic carbocycles. The molecule has 0 aliphatic carbocycles. The fourth-order valence-electron chi connectivity index (χ4n) is 0.788. The minimum absolute atomic E-state index is 1.08. The molecule has 0 aliphatic rings. The molecule has 0 heterocycles. The average Bonchev–Trinajstić information content (AvgIpc) is 2.03. The van der Waals surface area contributed by atoms with E-state index in [1.54, 1.807) is 0 Å². The largest absolute Gasteiger partial charge is 0.0917 e. The standard InChI is InChI=1S/C11H18/c1-3-5-7-9-11-10-8-6-4-2/h3-6,9,11H,7-8,10H2,1-2H3/b5-3+,6-4+,11-9+. The third-order valence-electron chi connectivity index (χ3n) is 1.41. The molecule has 0 aromatic heterocycles. The van der Waals surface area contributed by atoms with Gasteiger partial charge in [0.1, 0.15) is 0 Å². The molecular weight excluding hydrogens is 132 g/mol. The average molecular weight is 150 g/mol. The first-order chi connectivity index (χ1) is 5.41. The molecular formula is C11H18. The van der Waals surface area contributed by atoms with Crippen molar-refractivity contribution >= 4 is 0 Å². The topological polar surface area (TPSA) is 0 Å². The van der Waals surface area contributed by atoms with Gasteiger partial charge in [-0.2, -0.15) is 0 Å². The highest BCUT2D eigenvalue weighted by atomic mass is 13.8. The molecule has 0 spiro atoms. The number of unbranched alkanes of at least 4 members (excludes halogenated alkanes) is 1. The van der Waals surface area contributed by atoms with Crippen molar-refractivity contribution in [1.82, 2.24) is 0 Å². The van der Waals surface area contributed by atoms with Crippen LogP contribution >= 0.6 is 0 Å². The summed E-state index contributed by atoms with van der Waals surface area (Å²) >= 11 is 0. The van der Waals surface area contributed by atoms with Gasteiger partial charge in [0, 0.05) is 0 Å². The lowest BCUT2D eigenvalue weighted by molar-refractivity contribution is 1.04. The molecule has 0 unspecified atom stereocenters. The molecule has 0 atom stereocenters. The zero-order chi connectivity index (χ0) is 8.36. The molecule has 0 amide bonds. The molecule has 0 aromatic rings. The van der Waals surface area contributed by atoms with Gasteiger partial charge in [-0.3, -0.25) is 0 Å². The summed E-state index contributed by atoms with van der Waals surface area (Å²) in [4.78, 5) is 0. The van der Waals surface area contributed by atoms with Gasteiger partial charge in [0.2, 0.25) is 0 Å². The summed E-state index contributed by atoms with van der Waals surface area (Å²) in [6.45, 7) is 4.11. The molecule has 0 saturated carbocycles. The smallest absolute Gasteiger partial charge is 0.0169 e. The van der Waals surface area contributed by atoms with Crippen LogP contribution in [0.4, 0.5) is 0 Å². The van der Waals surface area contributed by atoms with Gasteiger partial charge in [0.05, 0.1) is 0 Å². The predicted molar refractivity (Wildman–Crippen MR) is 52.6 cm³/mol. The Morgan fingerprint density at radius 1 is 0.727 bits per heavy atom. The van der Waals surface area contributed by atoms with Crippen LogP contribution in [-0.4, -0.2) is 0 Å². The molecule has 62 valence electrons. The number of rotatable bonds is 5. The van der Waals surface area contributed by atoms with Gasteiger partial charge in [-0.25, -0.2) is 0 Å². The molecule has 0 nitrogen and oxygen atoms in total. The maximum atomic E-state index is 2.24. The zero-order valence-corrected chi connectivity index (χ0v) is 7.59. The Hall–Kier alpha value is -0.780. The van der Waals surface area contributed by atoms with Gasteiger partial charge in [0.25, 0.3) is 0 Å². The van der Waals surface area contributed by atoms with E-state index in [2.05, 4.69) is 43.4 Å². The second kappa shape index (κ2) is 9.22. The number of hydrogen-bond donors (Lipinski definition) is 0. The van der Waals surface area contributed by atoms with Crippen molar-refractivity contribution in [3.05, 3.63) is 36.5 Å². The highest BCUT2D eigenvalue weighted by Gasteiger charge is 1.73. The molecule has 0 radical (unpaired) electrons. The fourth-order valence-corrected chi connectivity index (χ4v) is 0.788. The van der Waals surface area contributed by atoms with Crippen molar-refractivity contribution in [1.29, 1.82) is 0 Å². The van der Waals surface area contributed by atoms with E-state index in [0.29, 0.717) is 0 Å². The summed E-state index contributed by atoms with van der Waals surface area (Å²) in [6, 6.07) is 0. The highest BCUT2D eigenvalue weighted by molar-refractivity contribution is 4.92. The quantitative estimate of drug-likeness (QED) is 0.412. The van der Waals surface area contributed by atoms with Crippen LogP contribution in [0.15, 0.2) is 36.5 Å². The number of allylic oxidation sites excluding steroid dienone is 6. The Morgan fingerprint density at radius 2 is 1.36 bits per heavy atom. The molecule has 0 fully saturated rings. The van der Waals surface area contributed by atoms with Crippen molar-refractivity contribution in [3.63, 3.8) is 0 Å². The number of hydrogen-bond acceptors (Lipinski definition) is 0. The second-order valence-electron chi connectivity index (χ2n) is 2.42. The Kier molecular flexibility index (Phi) is 8.57. The summed E-state index contributed by atoms with van der Waals surface area (Å²) in [5.74, 6) is 0. The molecule has 0 heteroatoms. The Bertz CT molecular complexity index is 138. The predicted octanol–water partition coefficient (Wildman–Crippen LogP) is 3.87. The van der Waals surface area contributed by atoms with E-state index < -0.39 is 0 Å². The highest BCUT2D eigenvalue weighted by Crippen LogP contribution is 1.94. The van der Waals surface area contributed by atoms with E-state index in [4.69, 9.17) is 0 Å². The summed E-state index contributed by atoms with van der Waals surface area (Å²) in [7, 11) is 0. The van der Waals surface area contributed by atoms with Crippen LogP contribution in [0.25, 0.3) is 0 Å². The van der Waals surface area contributed by atoms with Gasteiger partial charge in [-0.05, 0) is 33.1 Å². The lowest BCUT2D eigenvalue weighted by atomic mass is 10.2. The minimum Gasteiger partial charge on any atom is -0.0917 e. The summed E-state index contributed by atoms with van der Waals surface area (Å²) in [5.41, 5.74) is 0. The van der Waals surface area contributed by atoms with E-state index in [1.165, 1.54) is 12.8 Å². The summed E-state index contributed by atoms with van der Waals surface area (Å²) in [6.07, 6.45) is 16.4. The van der Waals surface area contributed by atoms with Crippen molar-refractivity contribution < 1.29 is 0 Å². The maximum absolute atomic E-state index is 2.24. The van der Waals surface area contributed by atoms with E-state index >= 15 is 0 Å². The Balaban J connectivity index is 3.16. The van der Waals surface area contributed by atoms with E-state index in [0.717, 1.165) is 6.42 Å². The third-order valence-corrected chi connectivity index (χ3v) is 1.41. The van der Waals surface area contributed by atoms with Crippen molar-refractivity contribution in [3.8, 4) is 0 Å². The lowest BCUT2D eigenvalue weighted by Gasteiger charge is -1.84. The van der Waals surface area contributed by atoms with Crippen LogP contribution in [-0.2, 0) is 0 Å². The maximum Gasteiger partial charge on any atom is -0.0169 e. The first-order valence-electron chi connectivity index (χ1n) is 4.29. The van der Waals surface area contributed by atoms with Gasteiger partial charge in [0.15, 0.2) is 0 Å². The normalized spacial score (nSPS) is 12.5. The van der Waals surface area contributed by atoms with Crippen molar-refractivity contribution in [2.24, 2.45) is 0 Å². The van der Waals surface area contributed by atoms with Gasteiger partial charge in [-0.15, -0.1) is 0 Å². The molecule has 0 rings (SSSR count). The first-order valence-corrected chi connectivity index (χ1v) is 4.29. The van der Waals surface area contributed by atoms with Crippen LogP contribution in [0, 0.1) is 0 Å². The van der Waals surface area contributed by atoms with Crippen LogP contribution < -0.4 is 0 Å². The monoisotopic (exact) mass is 150 g/mol. The van der Waals surface area contributed by atoms with E-state index in [9.17, 15) is 0 Å². The van der Waals surface area contributed by atoms with Crippen molar-refractivity contribution in [2.45, 2.75) is 33.1 Å². The summed E-state index contributed by atoms with van der Waals surface area (Å²) in [5, 5.41) is 0. The van der Waals surface area contributed by atoms with Crippen LogP contribution in [0.1, 0.15) is 33.1 Å². The first kappa shape index (κ1) is 10.2. The molecule has 11 heavy (non-hydrogen) atoms. The van der Waals surface area contributed by atoms with Gasteiger partial charge >= 0.3 is 0 Å². The molecule has 0 N–H and O–H groups in total. The molecule has 0 bridgehead atoms. The molecule has 0 saturated heterocycles. The van der Waals surface area contributed by atoms with Gasteiger partial charge < -0.3 is 0 Å². The second-order valence-corrected chi connectivity index (χ2v) is 2.42. The third kappa shape index (κ3) is 9.22. The van der Waals surface area contributed by atoms with Crippen LogP contribution in [0.2, 0.25) is 0 Å². The summed E-state index contributed by atoms with van der Waals surface area (Å²) < 4.78 is 0. The van der Waals surface area contributed by atoms with E-state index in [-0.39, 0.29) is 0 Å². The zero-order valence-electron chi connectivity index (χ0n) is 7.59. The van der Waals surface area contributed by atoms with Gasteiger partial charge in [-0.1, -0.05) is 36.5 Å². The lowest BCUT2D eigenvalue weighted by Crippen LogP contribution is -1.63. The minimum atomic E-state index is 1.08. The Morgan fingerprint density at radius 3 is 2.00 bits per heavy atom. The van der Waals surface area contributed by atoms with Crippen LogP contribution in [0.3, 0.4) is 0 Å². The van der Waals surface area contributed by atoms with E-state index in [1.807, 2.05) is 6.92 Å². The fraction of sp³-hybridized carbons (Fsp3) is 0.455. The Labute approximate surface area is 70.3 Å². The van der Waals surface area contributed by atoms with Crippen LogP contribution in [0.5, 0.6) is 0 Å². The van der Waals surface area contributed by atoms with Crippen molar-refractivity contribution in [2.75, 3.05) is 0 Å².